The molecule has 0 aromatic heterocycles. The molecule has 1 saturated heterocycles. The van der Waals surface area contributed by atoms with E-state index in [1.165, 1.54) is 6.07 Å². The first-order chi connectivity index (χ1) is 8.94. The van der Waals surface area contributed by atoms with Crippen molar-refractivity contribution in [2.45, 2.75) is 20.3 Å². The van der Waals surface area contributed by atoms with Crippen molar-refractivity contribution in [2.75, 3.05) is 18.4 Å². The van der Waals surface area contributed by atoms with Gasteiger partial charge in [0.25, 0.3) is 0 Å². The highest BCUT2D eigenvalue weighted by Gasteiger charge is 2.36. The lowest BCUT2D eigenvalue weighted by Crippen LogP contribution is -2.35. The molecule has 1 aromatic carbocycles. The van der Waals surface area contributed by atoms with E-state index in [1.54, 1.807) is 19.1 Å². The normalized spacial score (nSPS) is 22.2. The first-order valence-corrected chi connectivity index (χ1v) is 6.29. The number of hydrogen-bond acceptors (Lipinski definition) is 3. The van der Waals surface area contributed by atoms with Gasteiger partial charge in [0.1, 0.15) is 0 Å². The quantitative estimate of drug-likeness (QED) is 0.773. The highest BCUT2D eigenvalue weighted by Crippen LogP contribution is 2.28. The first-order valence-electron chi connectivity index (χ1n) is 6.29. The Balaban J connectivity index is 2.22. The van der Waals surface area contributed by atoms with Crippen molar-refractivity contribution in [2.24, 2.45) is 5.41 Å². The Morgan fingerprint density at radius 2 is 2.16 bits per heavy atom. The maximum Gasteiger partial charge on any atom is 0.336 e. The predicted molar refractivity (Wildman–Crippen MR) is 72.4 cm³/mol. The van der Waals surface area contributed by atoms with E-state index in [9.17, 15) is 9.59 Å². The van der Waals surface area contributed by atoms with Gasteiger partial charge in [-0.25, -0.2) is 4.79 Å². The summed E-state index contributed by atoms with van der Waals surface area (Å²) in [7, 11) is 0. The molecule has 5 nitrogen and oxygen atoms in total. The van der Waals surface area contributed by atoms with E-state index in [1.807, 2.05) is 6.92 Å². The summed E-state index contributed by atoms with van der Waals surface area (Å²) in [4.78, 5) is 23.3. The molecule has 1 atom stereocenters. The monoisotopic (exact) mass is 262 g/mol. The van der Waals surface area contributed by atoms with Crippen molar-refractivity contribution in [1.82, 2.24) is 5.32 Å². The van der Waals surface area contributed by atoms with Gasteiger partial charge in [0, 0.05) is 12.2 Å². The summed E-state index contributed by atoms with van der Waals surface area (Å²) in [5, 5.41) is 15.1. The number of carboxylic acid groups (broad SMARTS) is 1. The van der Waals surface area contributed by atoms with Crippen molar-refractivity contribution >= 4 is 17.6 Å². The minimum atomic E-state index is -0.984. The Morgan fingerprint density at radius 1 is 1.42 bits per heavy atom. The number of hydrogen-bond donors (Lipinski definition) is 3. The molecule has 1 aromatic rings. The van der Waals surface area contributed by atoms with Crippen molar-refractivity contribution in [1.29, 1.82) is 0 Å². The van der Waals surface area contributed by atoms with Gasteiger partial charge >= 0.3 is 5.97 Å². The van der Waals surface area contributed by atoms with E-state index in [2.05, 4.69) is 10.6 Å². The molecule has 19 heavy (non-hydrogen) atoms. The van der Waals surface area contributed by atoms with Crippen molar-refractivity contribution < 1.29 is 14.7 Å². The number of carbonyl (C=O) groups excluding carboxylic acids is 1. The van der Waals surface area contributed by atoms with E-state index in [0.717, 1.165) is 13.0 Å². The third-order valence-corrected chi connectivity index (χ3v) is 3.73. The Morgan fingerprint density at radius 3 is 2.74 bits per heavy atom. The fourth-order valence-electron chi connectivity index (χ4n) is 2.29. The largest absolute Gasteiger partial charge is 0.478 e. The molecular formula is C14H18N2O3. The van der Waals surface area contributed by atoms with Crippen LogP contribution in [0.2, 0.25) is 0 Å². The fraction of sp³-hybridized carbons (Fsp3) is 0.429. The zero-order valence-corrected chi connectivity index (χ0v) is 11.1. The fourth-order valence-corrected chi connectivity index (χ4v) is 2.29. The SMILES string of the molecule is Cc1c(NC(=O)C2(C)CCNC2)cccc1C(=O)O. The molecule has 0 bridgehead atoms. The second-order valence-electron chi connectivity index (χ2n) is 5.22. The predicted octanol–water partition coefficient (Wildman–Crippen LogP) is 1.63. The van der Waals surface area contributed by atoms with Crippen LogP contribution >= 0.6 is 0 Å². The van der Waals surface area contributed by atoms with Gasteiger partial charge in [-0.15, -0.1) is 0 Å². The highest BCUT2D eigenvalue weighted by atomic mass is 16.4. The van der Waals surface area contributed by atoms with Gasteiger partial charge in [0.05, 0.1) is 11.0 Å². The van der Waals surface area contributed by atoms with Crippen LogP contribution in [-0.2, 0) is 4.79 Å². The third kappa shape index (κ3) is 2.61. The maximum atomic E-state index is 12.3. The Bertz CT molecular complexity index is 519. The molecule has 1 aliphatic rings. The van der Waals surface area contributed by atoms with Gasteiger partial charge in [-0.3, -0.25) is 4.79 Å². The molecule has 1 aliphatic heterocycles. The molecule has 1 heterocycles. The van der Waals surface area contributed by atoms with Crippen molar-refractivity contribution in [3.05, 3.63) is 29.3 Å². The molecule has 102 valence electrons. The van der Waals surface area contributed by atoms with E-state index >= 15 is 0 Å². The van der Waals surface area contributed by atoms with Gasteiger partial charge in [0.2, 0.25) is 5.91 Å². The van der Waals surface area contributed by atoms with E-state index in [-0.39, 0.29) is 11.5 Å². The molecule has 0 spiro atoms. The second-order valence-corrected chi connectivity index (χ2v) is 5.22. The summed E-state index contributed by atoms with van der Waals surface area (Å²) < 4.78 is 0. The molecule has 0 radical (unpaired) electrons. The average molecular weight is 262 g/mol. The summed E-state index contributed by atoms with van der Waals surface area (Å²) in [5.74, 6) is -1.05. The second kappa shape index (κ2) is 5.01. The topological polar surface area (TPSA) is 78.4 Å². The number of aromatic carboxylic acids is 1. The smallest absolute Gasteiger partial charge is 0.336 e. The average Bonchev–Trinajstić information content (AvgIpc) is 2.80. The summed E-state index contributed by atoms with van der Waals surface area (Å²) >= 11 is 0. The van der Waals surface area contributed by atoms with Gasteiger partial charge in [0.15, 0.2) is 0 Å². The molecule has 2 rings (SSSR count). The summed E-state index contributed by atoms with van der Waals surface area (Å²) in [6.45, 7) is 5.10. The zero-order chi connectivity index (χ0) is 14.0. The van der Waals surface area contributed by atoms with Crippen LogP contribution in [0.25, 0.3) is 0 Å². The maximum absolute atomic E-state index is 12.3. The summed E-state index contributed by atoms with van der Waals surface area (Å²) in [5.41, 5.74) is 0.939. The molecule has 1 amide bonds. The van der Waals surface area contributed by atoms with E-state index in [4.69, 9.17) is 5.11 Å². The van der Waals surface area contributed by atoms with Crippen LogP contribution in [0.15, 0.2) is 18.2 Å². The number of nitrogens with one attached hydrogen (secondary N) is 2. The van der Waals surface area contributed by atoms with Crippen molar-refractivity contribution in [3.63, 3.8) is 0 Å². The number of amides is 1. The lowest BCUT2D eigenvalue weighted by atomic mass is 9.88. The van der Waals surface area contributed by atoms with Crippen LogP contribution in [0.3, 0.4) is 0 Å². The molecule has 5 heteroatoms. The van der Waals surface area contributed by atoms with Gasteiger partial charge in [-0.2, -0.15) is 0 Å². The number of carbonyl (C=O) groups is 2. The van der Waals surface area contributed by atoms with Crippen LogP contribution in [0.1, 0.15) is 29.3 Å². The minimum Gasteiger partial charge on any atom is -0.478 e. The van der Waals surface area contributed by atoms with Crippen molar-refractivity contribution in [3.8, 4) is 0 Å². The zero-order valence-electron chi connectivity index (χ0n) is 11.1. The summed E-state index contributed by atoms with van der Waals surface area (Å²) in [6.07, 6.45) is 0.788. The van der Waals surface area contributed by atoms with Gasteiger partial charge < -0.3 is 15.7 Å². The lowest BCUT2D eigenvalue weighted by molar-refractivity contribution is -0.123. The molecular weight excluding hydrogens is 244 g/mol. The standard InChI is InChI=1S/C14H18N2O3/c1-9-10(12(17)18)4-3-5-11(9)16-13(19)14(2)6-7-15-8-14/h3-5,15H,6-8H2,1-2H3,(H,16,19)(H,17,18). The molecule has 3 N–H and O–H groups in total. The van der Waals surface area contributed by atoms with E-state index < -0.39 is 11.4 Å². The third-order valence-electron chi connectivity index (χ3n) is 3.73. The number of carboxylic acids is 1. The Hall–Kier alpha value is -1.88. The number of benzene rings is 1. The Kier molecular flexibility index (Phi) is 3.57. The van der Waals surface area contributed by atoms with Crippen LogP contribution in [0.5, 0.6) is 0 Å². The number of rotatable bonds is 3. The molecule has 1 unspecified atom stereocenters. The summed E-state index contributed by atoms with van der Waals surface area (Å²) in [6, 6.07) is 4.90. The molecule has 0 aliphatic carbocycles. The molecule has 1 fully saturated rings. The highest BCUT2D eigenvalue weighted by molar-refractivity contribution is 5.98. The lowest BCUT2D eigenvalue weighted by Gasteiger charge is -2.22. The van der Waals surface area contributed by atoms with E-state index in [0.29, 0.717) is 17.8 Å². The van der Waals surface area contributed by atoms with Crippen LogP contribution in [-0.4, -0.2) is 30.1 Å². The van der Waals surface area contributed by atoms with Gasteiger partial charge in [-0.1, -0.05) is 6.07 Å². The van der Waals surface area contributed by atoms with Crippen LogP contribution < -0.4 is 10.6 Å². The molecule has 0 saturated carbocycles. The Labute approximate surface area is 112 Å². The first kappa shape index (κ1) is 13.5. The minimum absolute atomic E-state index is 0.0665. The van der Waals surface area contributed by atoms with Crippen LogP contribution in [0.4, 0.5) is 5.69 Å². The van der Waals surface area contributed by atoms with Crippen LogP contribution in [0, 0.1) is 12.3 Å². The number of anilines is 1. The van der Waals surface area contributed by atoms with Gasteiger partial charge in [-0.05, 0) is 44.5 Å².